The quantitative estimate of drug-likeness (QED) is 0.517. The standard InChI is InChI=1S/C24H32BNO5/c1-17-13-20(26-14-19(17)25-30-22(2,3)23(4,5)31-25)29-16-24(11-12-24)21(27)28-15-18-9-7-6-8-10-18/h6-10,13-14,21,27H,11-12,15-16H2,1-5H3. The van der Waals surface area contributed by atoms with E-state index in [1.165, 1.54) is 0 Å². The van der Waals surface area contributed by atoms with E-state index in [1.807, 2.05) is 71.0 Å². The predicted molar refractivity (Wildman–Crippen MR) is 119 cm³/mol. The number of pyridine rings is 1. The fraction of sp³-hybridized carbons (Fsp3) is 0.542. The molecule has 1 saturated heterocycles. The third-order valence-electron chi connectivity index (χ3n) is 6.81. The van der Waals surface area contributed by atoms with Crippen LogP contribution in [0.2, 0.25) is 0 Å². The number of aliphatic hydroxyl groups excluding tert-OH is 1. The molecule has 1 saturated carbocycles. The van der Waals surface area contributed by atoms with Gasteiger partial charge in [0.2, 0.25) is 5.88 Å². The van der Waals surface area contributed by atoms with Crippen LogP contribution >= 0.6 is 0 Å². The lowest BCUT2D eigenvalue weighted by molar-refractivity contribution is -0.158. The van der Waals surface area contributed by atoms with Gasteiger partial charge in [-0.2, -0.15) is 0 Å². The van der Waals surface area contributed by atoms with Crippen LogP contribution in [0.1, 0.15) is 51.7 Å². The largest absolute Gasteiger partial charge is 0.496 e. The minimum atomic E-state index is -0.863. The highest BCUT2D eigenvalue weighted by atomic mass is 16.7. The van der Waals surface area contributed by atoms with E-state index in [-0.39, 0.29) is 5.41 Å². The Morgan fingerprint density at radius 2 is 1.74 bits per heavy atom. The van der Waals surface area contributed by atoms with Gasteiger partial charge in [-0.25, -0.2) is 4.98 Å². The molecule has 1 unspecified atom stereocenters. The molecule has 0 radical (unpaired) electrons. The molecule has 31 heavy (non-hydrogen) atoms. The average Bonchev–Trinajstić information content (AvgIpc) is 3.47. The highest BCUT2D eigenvalue weighted by Gasteiger charge is 2.53. The van der Waals surface area contributed by atoms with Crippen molar-refractivity contribution in [3.8, 4) is 5.88 Å². The van der Waals surface area contributed by atoms with E-state index in [2.05, 4.69) is 4.98 Å². The predicted octanol–water partition coefficient (Wildman–Crippen LogP) is 3.38. The smallest absolute Gasteiger partial charge is 0.477 e. The molecule has 1 atom stereocenters. The number of ether oxygens (including phenoxy) is 2. The number of aryl methyl sites for hydroxylation is 1. The number of aromatic nitrogens is 1. The molecule has 2 aliphatic rings. The van der Waals surface area contributed by atoms with Gasteiger partial charge < -0.3 is 23.9 Å². The van der Waals surface area contributed by atoms with Crippen LogP contribution in [0, 0.1) is 12.3 Å². The minimum absolute atomic E-state index is 0.366. The zero-order valence-corrected chi connectivity index (χ0v) is 19.1. The molecule has 1 N–H and O–H groups in total. The Bertz CT molecular complexity index is 897. The van der Waals surface area contributed by atoms with Crippen LogP contribution in [-0.2, 0) is 20.7 Å². The van der Waals surface area contributed by atoms with Crippen LogP contribution in [0.4, 0.5) is 0 Å². The van der Waals surface area contributed by atoms with E-state index < -0.39 is 24.6 Å². The molecule has 7 heteroatoms. The van der Waals surface area contributed by atoms with Gasteiger partial charge in [-0.15, -0.1) is 0 Å². The fourth-order valence-corrected chi connectivity index (χ4v) is 3.60. The summed E-state index contributed by atoms with van der Waals surface area (Å²) in [4.78, 5) is 4.46. The molecular weight excluding hydrogens is 393 g/mol. The molecule has 1 aromatic carbocycles. The first kappa shape index (κ1) is 22.3. The summed E-state index contributed by atoms with van der Waals surface area (Å²) in [6.45, 7) is 10.9. The first-order valence-electron chi connectivity index (χ1n) is 10.9. The van der Waals surface area contributed by atoms with Crippen molar-refractivity contribution < 1.29 is 23.9 Å². The first-order valence-corrected chi connectivity index (χ1v) is 10.9. The second kappa shape index (κ2) is 8.21. The summed E-state index contributed by atoms with van der Waals surface area (Å²) in [6.07, 6.45) is 2.63. The molecule has 2 aromatic rings. The van der Waals surface area contributed by atoms with Gasteiger partial charge in [0.05, 0.1) is 23.2 Å². The van der Waals surface area contributed by atoms with Gasteiger partial charge in [0, 0.05) is 17.7 Å². The van der Waals surface area contributed by atoms with Crippen molar-refractivity contribution in [3.63, 3.8) is 0 Å². The van der Waals surface area contributed by atoms with Crippen molar-refractivity contribution in [2.24, 2.45) is 5.41 Å². The summed E-state index contributed by atoms with van der Waals surface area (Å²) < 4.78 is 23.9. The zero-order chi connectivity index (χ0) is 22.3. The maximum absolute atomic E-state index is 10.6. The molecule has 4 rings (SSSR count). The molecular formula is C24H32BNO5. The Labute approximate surface area is 185 Å². The summed E-state index contributed by atoms with van der Waals surface area (Å²) in [5, 5.41) is 10.6. The second-order valence-electron chi connectivity index (χ2n) is 9.77. The van der Waals surface area contributed by atoms with Gasteiger partial charge >= 0.3 is 7.12 Å². The lowest BCUT2D eigenvalue weighted by atomic mass is 9.77. The molecule has 0 amide bonds. The maximum Gasteiger partial charge on any atom is 0.496 e. The number of rotatable bonds is 8. The summed E-state index contributed by atoms with van der Waals surface area (Å²) in [7, 11) is -0.450. The summed E-state index contributed by atoms with van der Waals surface area (Å²) in [5.74, 6) is 0.527. The van der Waals surface area contributed by atoms with E-state index >= 15 is 0 Å². The topological polar surface area (TPSA) is 70.0 Å². The Balaban J connectivity index is 1.34. The lowest BCUT2D eigenvalue weighted by Gasteiger charge is -2.32. The first-order chi connectivity index (χ1) is 14.6. The maximum atomic E-state index is 10.6. The highest BCUT2D eigenvalue weighted by molar-refractivity contribution is 6.62. The third-order valence-corrected chi connectivity index (χ3v) is 6.81. The number of benzene rings is 1. The van der Waals surface area contributed by atoms with Crippen LogP contribution in [0.25, 0.3) is 0 Å². The Hall–Kier alpha value is -1.93. The van der Waals surface area contributed by atoms with E-state index in [4.69, 9.17) is 18.8 Å². The molecule has 0 spiro atoms. The van der Waals surface area contributed by atoms with E-state index in [0.29, 0.717) is 19.1 Å². The lowest BCUT2D eigenvalue weighted by Crippen LogP contribution is -2.41. The van der Waals surface area contributed by atoms with E-state index in [0.717, 1.165) is 29.4 Å². The molecule has 1 aromatic heterocycles. The highest BCUT2D eigenvalue weighted by Crippen LogP contribution is 2.49. The van der Waals surface area contributed by atoms with Crippen LogP contribution < -0.4 is 10.2 Å². The summed E-state index contributed by atoms with van der Waals surface area (Å²) in [6, 6.07) is 11.7. The van der Waals surface area contributed by atoms with Crippen molar-refractivity contribution in [1.29, 1.82) is 0 Å². The van der Waals surface area contributed by atoms with Crippen LogP contribution in [0.15, 0.2) is 42.6 Å². The summed E-state index contributed by atoms with van der Waals surface area (Å²) in [5.41, 5.74) is 1.77. The Morgan fingerprint density at radius 1 is 1.10 bits per heavy atom. The molecule has 166 valence electrons. The van der Waals surface area contributed by atoms with Crippen molar-refractivity contribution in [2.45, 2.75) is 71.6 Å². The van der Waals surface area contributed by atoms with Crippen LogP contribution in [0.3, 0.4) is 0 Å². The van der Waals surface area contributed by atoms with Gasteiger partial charge in [0.15, 0.2) is 6.29 Å². The molecule has 1 aliphatic carbocycles. The molecule has 6 nitrogen and oxygen atoms in total. The Kier molecular flexibility index (Phi) is 5.90. The van der Waals surface area contributed by atoms with E-state index in [9.17, 15) is 5.11 Å². The number of hydrogen-bond donors (Lipinski definition) is 1. The SMILES string of the molecule is Cc1cc(OCC2(C(O)OCc3ccccc3)CC2)ncc1B1OC(C)(C)C(C)(C)O1. The normalized spacial score (nSPS) is 21.7. The third kappa shape index (κ3) is 4.65. The van der Waals surface area contributed by atoms with Gasteiger partial charge in [-0.3, -0.25) is 0 Å². The van der Waals surface area contributed by atoms with Crippen LogP contribution in [0.5, 0.6) is 5.88 Å². The number of nitrogens with zero attached hydrogens (tertiary/aromatic N) is 1. The summed E-state index contributed by atoms with van der Waals surface area (Å²) >= 11 is 0. The van der Waals surface area contributed by atoms with Gasteiger partial charge in [-0.05, 0) is 58.6 Å². The van der Waals surface area contributed by atoms with Crippen molar-refractivity contribution in [2.75, 3.05) is 6.61 Å². The number of aliphatic hydroxyl groups is 1. The monoisotopic (exact) mass is 425 g/mol. The fourth-order valence-electron chi connectivity index (χ4n) is 3.60. The second-order valence-corrected chi connectivity index (χ2v) is 9.77. The number of hydrogen-bond acceptors (Lipinski definition) is 6. The zero-order valence-electron chi connectivity index (χ0n) is 19.1. The average molecular weight is 425 g/mol. The van der Waals surface area contributed by atoms with Gasteiger partial charge in [-0.1, -0.05) is 30.3 Å². The minimum Gasteiger partial charge on any atom is -0.477 e. The molecule has 2 fully saturated rings. The van der Waals surface area contributed by atoms with E-state index in [1.54, 1.807) is 6.20 Å². The van der Waals surface area contributed by atoms with Gasteiger partial charge in [0.25, 0.3) is 0 Å². The Morgan fingerprint density at radius 3 is 2.32 bits per heavy atom. The van der Waals surface area contributed by atoms with Crippen LogP contribution in [-0.4, -0.2) is 41.3 Å². The van der Waals surface area contributed by atoms with Crippen molar-refractivity contribution in [1.82, 2.24) is 4.98 Å². The van der Waals surface area contributed by atoms with Crippen molar-refractivity contribution in [3.05, 3.63) is 53.7 Å². The molecule has 1 aliphatic heterocycles. The van der Waals surface area contributed by atoms with Gasteiger partial charge in [0.1, 0.15) is 6.61 Å². The van der Waals surface area contributed by atoms with Crippen molar-refractivity contribution >= 4 is 12.6 Å². The molecule has 0 bridgehead atoms. The molecule has 2 heterocycles.